The van der Waals surface area contributed by atoms with Gasteiger partial charge in [0.2, 0.25) is 0 Å². The van der Waals surface area contributed by atoms with Crippen molar-refractivity contribution < 1.29 is 9.84 Å². The normalized spacial score (nSPS) is 24.8. The fourth-order valence-corrected chi connectivity index (χ4v) is 4.27. The van der Waals surface area contributed by atoms with E-state index in [2.05, 4.69) is 40.1 Å². The van der Waals surface area contributed by atoms with Crippen LogP contribution in [0, 0.1) is 11.3 Å². The van der Waals surface area contributed by atoms with E-state index in [1.54, 1.807) is 6.07 Å². The van der Waals surface area contributed by atoms with Crippen molar-refractivity contribution in [3.05, 3.63) is 65.2 Å². The predicted octanol–water partition coefficient (Wildman–Crippen LogP) is 2.95. The quantitative estimate of drug-likeness (QED) is 0.891. The zero-order valence-corrected chi connectivity index (χ0v) is 16.5. The molecule has 1 N–H and O–H groups in total. The van der Waals surface area contributed by atoms with Crippen LogP contribution < -0.4 is 4.74 Å². The van der Waals surface area contributed by atoms with Gasteiger partial charge in [-0.3, -0.25) is 9.80 Å². The minimum Gasteiger partial charge on any atom is -0.485 e. The summed E-state index contributed by atoms with van der Waals surface area (Å²) in [6.07, 6.45) is -0.658. The average Bonchev–Trinajstić information content (AvgIpc) is 2.70. The van der Waals surface area contributed by atoms with Crippen LogP contribution in [-0.2, 0) is 6.54 Å². The predicted molar refractivity (Wildman–Crippen MR) is 108 cm³/mol. The zero-order chi connectivity index (χ0) is 19.7. The molecule has 0 aromatic heterocycles. The third-order valence-electron chi connectivity index (χ3n) is 5.89. The molecule has 1 saturated heterocycles. The summed E-state index contributed by atoms with van der Waals surface area (Å²) < 4.78 is 6.06. The summed E-state index contributed by atoms with van der Waals surface area (Å²) in [4.78, 5) is 4.80. The van der Waals surface area contributed by atoms with Crippen LogP contribution in [0.25, 0.3) is 0 Å². The number of aliphatic hydroxyl groups excluding tert-OH is 1. The van der Waals surface area contributed by atoms with E-state index in [-0.39, 0.29) is 6.04 Å². The molecule has 1 fully saturated rings. The Balaban J connectivity index is 1.53. The molecule has 2 aliphatic heterocycles. The number of nitrogens with zero attached hydrogens (tertiary/aromatic N) is 3. The van der Waals surface area contributed by atoms with Gasteiger partial charge in [-0.05, 0) is 37.6 Å². The molecule has 2 heterocycles. The van der Waals surface area contributed by atoms with Crippen LogP contribution in [0.2, 0.25) is 0 Å². The highest BCUT2D eigenvalue weighted by molar-refractivity contribution is 5.46. The van der Waals surface area contributed by atoms with Crippen molar-refractivity contribution in [2.45, 2.75) is 38.1 Å². The van der Waals surface area contributed by atoms with E-state index in [0.717, 1.165) is 44.0 Å². The number of nitriles is 1. The lowest BCUT2D eigenvalue weighted by Gasteiger charge is -2.48. The minimum atomic E-state index is -0.674. The molecular weight excluding hydrogens is 350 g/mol. The fraction of sp³-hybridized carbons (Fsp3) is 0.435. The minimum absolute atomic E-state index is 0.161. The second kappa shape index (κ2) is 7.56. The first kappa shape index (κ1) is 18.9. The molecular formula is C23H27N3O2. The maximum Gasteiger partial charge on any atom is 0.131 e. The van der Waals surface area contributed by atoms with Crippen molar-refractivity contribution in [1.82, 2.24) is 9.80 Å². The number of aliphatic hydroxyl groups is 1. The first-order valence-electron chi connectivity index (χ1n) is 9.89. The molecule has 0 amide bonds. The smallest absolute Gasteiger partial charge is 0.131 e. The standard InChI is InChI=1S/C23H27N3O2/c1-23(2)22(27)21(19-14-18(15-24)8-9-20(19)28-23)26-12-10-25(11-13-26)16-17-6-4-3-5-7-17/h3-9,14,21-22,27H,10-13,16H2,1-2H3/t21-,22+/m1/s1. The highest BCUT2D eigenvalue weighted by atomic mass is 16.5. The number of benzene rings is 2. The van der Waals surface area contributed by atoms with Gasteiger partial charge in [-0.15, -0.1) is 0 Å². The summed E-state index contributed by atoms with van der Waals surface area (Å²) in [6.45, 7) is 8.46. The van der Waals surface area contributed by atoms with Crippen LogP contribution in [0.4, 0.5) is 0 Å². The molecule has 0 bridgehead atoms. The molecule has 2 atom stereocenters. The van der Waals surface area contributed by atoms with Crippen LogP contribution in [0.3, 0.4) is 0 Å². The lowest BCUT2D eigenvalue weighted by Crippen LogP contribution is -2.57. The van der Waals surface area contributed by atoms with Crippen molar-refractivity contribution in [2.24, 2.45) is 0 Å². The third-order valence-corrected chi connectivity index (χ3v) is 5.89. The highest BCUT2D eigenvalue weighted by Gasteiger charge is 2.45. The number of hydrogen-bond acceptors (Lipinski definition) is 5. The Morgan fingerprint density at radius 3 is 2.50 bits per heavy atom. The van der Waals surface area contributed by atoms with Gasteiger partial charge >= 0.3 is 0 Å². The Hall–Kier alpha value is -2.39. The van der Waals surface area contributed by atoms with Crippen molar-refractivity contribution in [1.29, 1.82) is 5.26 Å². The van der Waals surface area contributed by atoms with Crippen LogP contribution in [-0.4, -0.2) is 52.8 Å². The Morgan fingerprint density at radius 1 is 1.11 bits per heavy atom. The summed E-state index contributed by atoms with van der Waals surface area (Å²) >= 11 is 0. The Morgan fingerprint density at radius 2 is 1.82 bits per heavy atom. The highest BCUT2D eigenvalue weighted by Crippen LogP contribution is 2.43. The molecule has 146 valence electrons. The molecule has 28 heavy (non-hydrogen) atoms. The molecule has 2 aromatic carbocycles. The van der Waals surface area contributed by atoms with E-state index >= 15 is 0 Å². The Kier molecular flexibility index (Phi) is 5.11. The van der Waals surface area contributed by atoms with E-state index in [0.29, 0.717) is 5.56 Å². The van der Waals surface area contributed by atoms with Crippen molar-refractivity contribution in [3.8, 4) is 11.8 Å². The Labute approximate surface area is 166 Å². The molecule has 0 radical (unpaired) electrons. The molecule has 0 aliphatic carbocycles. The van der Waals surface area contributed by atoms with Crippen molar-refractivity contribution >= 4 is 0 Å². The first-order chi connectivity index (χ1) is 13.5. The third kappa shape index (κ3) is 3.64. The van der Waals surface area contributed by atoms with Gasteiger partial charge < -0.3 is 9.84 Å². The summed E-state index contributed by atoms with van der Waals surface area (Å²) in [5, 5.41) is 20.4. The van der Waals surface area contributed by atoms with Gasteiger partial charge in [-0.2, -0.15) is 5.26 Å². The topological polar surface area (TPSA) is 59.7 Å². The lowest BCUT2D eigenvalue weighted by atomic mass is 9.84. The number of hydrogen-bond donors (Lipinski definition) is 1. The van der Waals surface area contributed by atoms with Crippen molar-refractivity contribution in [3.63, 3.8) is 0 Å². The average molecular weight is 377 g/mol. The van der Waals surface area contributed by atoms with Crippen LogP contribution in [0.15, 0.2) is 48.5 Å². The first-order valence-corrected chi connectivity index (χ1v) is 9.89. The SMILES string of the molecule is CC1(C)Oc2ccc(C#N)cc2[C@@H](N2CCN(Cc3ccccc3)CC2)[C@@H]1O. The summed E-state index contributed by atoms with van der Waals surface area (Å²) in [6, 6.07) is 18.1. The van der Waals surface area contributed by atoms with Gasteiger partial charge in [-0.25, -0.2) is 0 Å². The second-order valence-corrected chi connectivity index (χ2v) is 8.26. The maximum atomic E-state index is 11.1. The summed E-state index contributed by atoms with van der Waals surface area (Å²) in [5.74, 6) is 0.769. The van der Waals surface area contributed by atoms with Gasteiger partial charge in [0.05, 0.1) is 17.7 Å². The summed E-state index contributed by atoms with van der Waals surface area (Å²) in [5.41, 5.74) is 2.17. The van der Waals surface area contributed by atoms with E-state index in [1.165, 1.54) is 5.56 Å². The van der Waals surface area contributed by atoms with Gasteiger partial charge in [0.1, 0.15) is 17.5 Å². The number of fused-ring (bicyclic) bond motifs is 1. The van der Waals surface area contributed by atoms with Crippen LogP contribution in [0.5, 0.6) is 5.75 Å². The number of piperazine rings is 1. The van der Waals surface area contributed by atoms with E-state index in [4.69, 9.17) is 4.74 Å². The number of ether oxygens (including phenoxy) is 1. The van der Waals surface area contributed by atoms with Gasteiger partial charge in [0.15, 0.2) is 0 Å². The monoisotopic (exact) mass is 377 g/mol. The van der Waals surface area contributed by atoms with Gasteiger partial charge in [0.25, 0.3) is 0 Å². The molecule has 2 aliphatic rings. The largest absolute Gasteiger partial charge is 0.485 e. The maximum absolute atomic E-state index is 11.1. The van der Waals surface area contributed by atoms with Gasteiger partial charge in [-0.1, -0.05) is 30.3 Å². The molecule has 2 aromatic rings. The fourth-order valence-electron chi connectivity index (χ4n) is 4.27. The summed E-state index contributed by atoms with van der Waals surface area (Å²) in [7, 11) is 0. The van der Waals surface area contributed by atoms with Crippen LogP contribution >= 0.6 is 0 Å². The van der Waals surface area contributed by atoms with Gasteiger partial charge in [0, 0.05) is 38.3 Å². The molecule has 0 unspecified atom stereocenters. The van der Waals surface area contributed by atoms with Crippen molar-refractivity contribution in [2.75, 3.05) is 26.2 Å². The van der Waals surface area contributed by atoms with E-state index < -0.39 is 11.7 Å². The number of rotatable bonds is 3. The molecule has 0 spiro atoms. The van der Waals surface area contributed by atoms with Crippen LogP contribution in [0.1, 0.15) is 36.6 Å². The van der Waals surface area contributed by atoms with E-state index in [9.17, 15) is 10.4 Å². The second-order valence-electron chi connectivity index (χ2n) is 8.26. The lowest BCUT2D eigenvalue weighted by molar-refractivity contribution is -0.0999. The zero-order valence-electron chi connectivity index (χ0n) is 16.5. The van der Waals surface area contributed by atoms with E-state index in [1.807, 2.05) is 32.0 Å². The molecule has 5 heteroatoms. The Bertz CT molecular complexity index is 867. The molecule has 0 saturated carbocycles. The molecule has 5 nitrogen and oxygen atoms in total. The molecule has 4 rings (SSSR count).